The van der Waals surface area contributed by atoms with Crippen molar-refractivity contribution in [3.05, 3.63) is 55.7 Å². The molecule has 2 aromatic rings. The molecule has 0 amide bonds. The van der Waals surface area contributed by atoms with Crippen molar-refractivity contribution >= 4 is 45.9 Å². The molecule has 0 radical (unpaired) electrons. The number of carbonyl (C=O) groups excluding carboxylic acids is 1. The van der Waals surface area contributed by atoms with E-state index in [9.17, 15) is 13.9 Å². The van der Waals surface area contributed by atoms with E-state index < -0.39 is 27.6 Å². The van der Waals surface area contributed by atoms with Crippen molar-refractivity contribution in [3.8, 4) is 5.75 Å². The van der Waals surface area contributed by atoms with Gasteiger partial charge in [0.15, 0.2) is 6.29 Å². The maximum absolute atomic E-state index is 13.4. The lowest BCUT2D eigenvalue weighted by molar-refractivity contribution is 0.0877. The monoisotopic (exact) mass is 474 g/mol. The van der Waals surface area contributed by atoms with E-state index in [0.717, 1.165) is 5.56 Å². The van der Waals surface area contributed by atoms with E-state index in [4.69, 9.17) is 42.0 Å². The topological polar surface area (TPSA) is 91.8 Å². The predicted molar refractivity (Wildman–Crippen MR) is 113 cm³/mol. The van der Waals surface area contributed by atoms with Crippen LogP contribution in [0, 0.1) is 4.64 Å². The van der Waals surface area contributed by atoms with Gasteiger partial charge in [0.05, 0.1) is 24.9 Å². The molecule has 0 bridgehead atoms. The molecule has 1 aliphatic heterocycles. The minimum Gasteiger partial charge on any atom is -0.426 e. The second kappa shape index (κ2) is 10.6. The Morgan fingerprint density at radius 2 is 2.33 bits per heavy atom. The van der Waals surface area contributed by atoms with Crippen LogP contribution in [0.1, 0.15) is 22.3 Å². The van der Waals surface area contributed by atoms with Gasteiger partial charge in [-0.25, -0.2) is 4.79 Å². The molecule has 160 valence electrons. The van der Waals surface area contributed by atoms with Gasteiger partial charge in [0, 0.05) is 23.3 Å². The van der Waals surface area contributed by atoms with Crippen LogP contribution in [0.25, 0.3) is 0 Å². The summed E-state index contributed by atoms with van der Waals surface area (Å²) < 4.78 is 36.9. The summed E-state index contributed by atoms with van der Waals surface area (Å²) in [5.74, 6) is 0.612. The number of hydrogen-bond donors (Lipinski definition) is 1. The van der Waals surface area contributed by atoms with E-state index in [2.05, 4.69) is 4.98 Å². The fraction of sp³-hybridized carbons (Fsp3) is 0.353. The van der Waals surface area contributed by atoms with Crippen molar-refractivity contribution in [3.63, 3.8) is 0 Å². The number of hydrogen-bond acceptors (Lipinski definition) is 7. The first kappa shape index (κ1) is 23.1. The van der Waals surface area contributed by atoms with Gasteiger partial charge in [-0.1, -0.05) is 23.8 Å². The van der Waals surface area contributed by atoms with Crippen molar-refractivity contribution in [2.75, 3.05) is 6.61 Å². The molecule has 13 heteroatoms. The van der Waals surface area contributed by atoms with Gasteiger partial charge in [0.1, 0.15) is 10.4 Å². The summed E-state index contributed by atoms with van der Waals surface area (Å²) in [6, 6.07) is 5.18. The van der Waals surface area contributed by atoms with Crippen molar-refractivity contribution in [1.29, 1.82) is 0 Å². The highest BCUT2D eigenvalue weighted by Gasteiger charge is 2.26. The van der Waals surface area contributed by atoms with Gasteiger partial charge >= 0.3 is 21.5 Å². The maximum Gasteiger partial charge on any atom is 0.496 e. The number of H-pyrrole nitrogens is 1. The fourth-order valence-electron chi connectivity index (χ4n) is 2.70. The lowest BCUT2D eigenvalue weighted by atomic mass is 9.99. The molecule has 0 fully saturated rings. The highest BCUT2D eigenvalue weighted by molar-refractivity contribution is 7.71. The number of benzene rings is 1. The molecule has 0 saturated carbocycles. The molecule has 30 heavy (non-hydrogen) atoms. The number of aryl methyl sites for hydroxylation is 1. The Kier molecular flexibility index (Phi) is 8.16. The van der Waals surface area contributed by atoms with Crippen LogP contribution < -0.4 is 10.2 Å². The molecule has 0 saturated heterocycles. The van der Waals surface area contributed by atoms with Gasteiger partial charge in [-0.05, 0) is 31.4 Å². The summed E-state index contributed by atoms with van der Waals surface area (Å²) in [4.78, 5) is 25.5. The molecule has 0 aliphatic carbocycles. The third kappa shape index (κ3) is 6.20. The van der Waals surface area contributed by atoms with Crippen LogP contribution in [0.15, 0.2) is 29.2 Å². The van der Waals surface area contributed by atoms with Crippen molar-refractivity contribution in [1.82, 2.24) is 9.55 Å². The third-order valence-electron chi connectivity index (χ3n) is 4.12. The van der Waals surface area contributed by atoms with E-state index >= 15 is 0 Å². The van der Waals surface area contributed by atoms with Crippen LogP contribution in [-0.4, -0.2) is 35.7 Å². The summed E-state index contributed by atoms with van der Waals surface area (Å²) >= 11 is 10.9. The Labute approximate surface area is 183 Å². The minimum absolute atomic E-state index is 0.0129. The second-order valence-electron chi connectivity index (χ2n) is 6.38. The molecule has 2 unspecified atom stereocenters. The number of nitrogens with one attached hydrogen (secondary N) is 1. The van der Waals surface area contributed by atoms with Crippen LogP contribution in [0.4, 0.5) is 4.32 Å². The number of aromatic nitrogens is 2. The van der Waals surface area contributed by atoms with E-state index in [0.29, 0.717) is 17.1 Å². The third-order valence-corrected chi connectivity index (χ3v) is 5.74. The zero-order valence-electron chi connectivity index (χ0n) is 15.9. The van der Waals surface area contributed by atoms with Gasteiger partial charge in [0.2, 0.25) is 0 Å². The quantitative estimate of drug-likeness (QED) is 0.253. The number of aromatic amines is 1. The molecule has 2 heterocycles. The van der Waals surface area contributed by atoms with Crippen LogP contribution in [0.2, 0.25) is 11.8 Å². The van der Waals surface area contributed by atoms with E-state index in [-0.39, 0.29) is 36.4 Å². The molecule has 1 N–H and O–H groups in total. The van der Waals surface area contributed by atoms with Crippen molar-refractivity contribution in [2.24, 2.45) is 0 Å². The van der Waals surface area contributed by atoms with E-state index in [1.54, 1.807) is 18.2 Å². The van der Waals surface area contributed by atoms with Crippen molar-refractivity contribution in [2.45, 2.75) is 32.5 Å². The largest absolute Gasteiger partial charge is 0.496 e. The number of carbonyl (C=O) groups is 1. The molecule has 2 atom stereocenters. The zero-order valence-corrected chi connectivity index (χ0v) is 18.3. The van der Waals surface area contributed by atoms with Gasteiger partial charge in [-0.15, -0.1) is 0 Å². The Bertz CT molecular complexity index is 1020. The Morgan fingerprint density at radius 1 is 1.53 bits per heavy atom. The highest BCUT2D eigenvalue weighted by Crippen LogP contribution is 2.47. The van der Waals surface area contributed by atoms with Gasteiger partial charge in [-0.2, -0.15) is 0 Å². The number of aldehydes is 1. The average Bonchev–Trinajstić information content (AvgIpc) is 2.70. The molecular weight excluding hydrogens is 456 g/mol. The molecule has 8 nitrogen and oxygen atoms in total. The summed E-state index contributed by atoms with van der Waals surface area (Å²) in [5.41, 5.74) is 0.516. The molecular formula is C17H18BClFN2O6PS. The second-order valence-corrected chi connectivity index (χ2v) is 8.37. The number of fused-ring (bicyclic) bond motifs is 1. The first-order valence-electron chi connectivity index (χ1n) is 8.96. The molecule has 1 aliphatic rings. The Morgan fingerprint density at radius 3 is 3.07 bits per heavy atom. The van der Waals surface area contributed by atoms with Crippen molar-refractivity contribution < 1.29 is 27.3 Å². The number of nitrogens with zero attached hydrogens (tertiary/aromatic N) is 1. The van der Waals surface area contributed by atoms with E-state index in [1.807, 2.05) is 0 Å². The normalized spacial score (nSPS) is 16.4. The molecule has 0 spiro atoms. The van der Waals surface area contributed by atoms with Gasteiger partial charge in [-0.3, -0.25) is 27.7 Å². The highest BCUT2D eigenvalue weighted by atomic mass is 35.5. The smallest absolute Gasteiger partial charge is 0.426 e. The van der Waals surface area contributed by atoms with Crippen LogP contribution in [0.3, 0.4) is 0 Å². The van der Waals surface area contributed by atoms with Crippen LogP contribution in [-0.2, 0) is 26.9 Å². The first-order valence-corrected chi connectivity index (χ1v) is 10.8. The first-order chi connectivity index (χ1) is 14.4. The Balaban J connectivity index is 1.60. The fourth-order valence-corrected chi connectivity index (χ4v) is 4.14. The van der Waals surface area contributed by atoms with Crippen LogP contribution in [0.5, 0.6) is 5.75 Å². The molecule has 1 aromatic heterocycles. The molecule has 1 aromatic carbocycles. The Hall–Kier alpha value is -1.62. The maximum atomic E-state index is 13.4. The average molecular weight is 475 g/mol. The summed E-state index contributed by atoms with van der Waals surface area (Å²) in [6.07, 6.45) is 1.47. The minimum atomic E-state index is -1.69. The molecule has 3 rings (SSSR count). The van der Waals surface area contributed by atoms with Gasteiger partial charge in [0.25, 0.3) is 0 Å². The summed E-state index contributed by atoms with van der Waals surface area (Å²) in [6.45, 7) is 1.68. The zero-order chi connectivity index (χ0) is 21.7. The number of halogens is 2. The summed E-state index contributed by atoms with van der Waals surface area (Å²) in [7, 11) is -3.22. The van der Waals surface area contributed by atoms with E-state index in [1.165, 1.54) is 17.6 Å². The summed E-state index contributed by atoms with van der Waals surface area (Å²) in [5, 5.41) is 0.577. The SMILES string of the molecule is CB(F)OC(CCn1cc(C=O)c(=S)[nH]c1=O)COP1OCc2cc(Cl)ccc2O1. The standard InChI is InChI=1S/C17H18BClFN2O6PS/c1-18(20)27-14(4-5-22-7-12(8-23)16(30)21-17(22)24)10-26-29-25-9-11-6-13(19)2-3-15(11)28-29/h2-3,6-8,14H,4-5,9-10H2,1H3,(H,21,24,30). The van der Waals surface area contributed by atoms with Crippen LogP contribution >= 0.6 is 32.4 Å². The number of rotatable bonds is 9. The lowest BCUT2D eigenvalue weighted by Gasteiger charge is -2.26. The van der Waals surface area contributed by atoms with Gasteiger partial charge < -0.3 is 9.18 Å². The lowest BCUT2D eigenvalue weighted by Crippen LogP contribution is -2.30. The predicted octanol–water partition coefficient (Wildman–Crippen LogP) is 4.09.